The molecular weight excluding hydrogens is 250 g/mol. The zero-order valence-electron chi connectivity index (χ0n) is 12.6. The number of carbonyl (C=O) groups excluding carboxylic acids is 1. The summed E-state index contributed by atoms with van der Waals surface area (Å²) in [6.07, 6.45) is 5.16. The highest BCUT2D eigenvalue weighted by molar-refractivity contribution is 5.96. The summed E-state index contributed by atoms with van der Waals surface area (Å²) in [6, 6.07) is 8.20. The van der Waals surface area contributed by atoms with Crippen LogP contribution in [0.4, 0.5) is 0 Å². The molecule has 0 spiro atoms. The highest BCUT2D eigenvalue weighted by Crippen LogP contribution is 2.21. The number of hydrogen-bond donors (Lipinski definition) is 0. The largest absolute Gasteiger partial charge is 0.491 e. The average molecular weight is 275 g/mol. The SMILES string of the molecule is CCC1CCCCN1CCOc1ccccc1C(C)=O. The molecule has 0 amide bonds. The summed E-state index contributed by atoms with van der Waals surface area (Å²) >= 11 is 0. The molecule has 1 aliphatic rings. The average Bonchev–Trinajstić information content (AvgIpc) is 2.48. The summed E-state index contributed by atoms with van der Waals surface area (Å²) in [5.74, 6) is 0.773. The predicted octanol–water partition coefficient (Wildman–Crippen LogP) is 3.53. The number of likely N-dealkylation sites (tertiary alicyclic amines) is 1. The number of nitrogens with zero attached hydrogens (tertiary/aromatic N) is 1. The lowest BCUT2D eigenvalue weighted by molar-refractivity contribution is 0.100. The molecular formula is C17H25NO2. The minimum Gasteiger partial charge on any atom is -0.491 e. The van der Waals surface area contributed by atoms with Crippen molar-refractivity contribution in [1.82, 2.24) is 4.90 Å². The first-order valence-corrected chi connectivity index (χ1v) is 7.69. The number of carbonyl (C=O) groups is 1. The second-order valence-electron chi connectivity index (χ2n) is 5.49. The summed E-state index contributed by atoms with van der Waals surface area (Å²) < 4.78 is 5.83. The molecule has 1 aromatic carbocycles. The van der Waals surface area contributed by atoms with Crippen molar-refractivity contribution in [1.29, 1.82) is 0 Å². The molecule has 1 unspecified atom stereocenters. The Bertz CT molecular complexity index is 444. The van der Waals surface area contributed by atoms with Gasteiger partial charge >= 0.3 is 0 Å². The van der Waals surface area contributed by atoms with Crippen LogP contribution in [-0.4, -0.2) is 36.4 Å². The molecule has 0 saturated carbocycles. The van der Waals surface area contributed by atoms with E-state index in [1.165, 1.54) is 32.2 Å². The van der Waals surface area contributed by atoms with Gasteiger partial charge in [-0.25, -0.2) is 0 Å². The van der Waals surface area contributed by atoms with E-state index in [0.29, 0.717) is 24.0 Å². The summed E-state index contributed by atoms with van der Waals surface area (Å²) in [6.45, 7) is 6.62. The van der Waals surface area contributed by atoms with Crippen LogP contribution in [0.5, 0.6) is 5.75 Å². The van der Waals surface area contributed by atoms with Gasteiger partial charge in [0.05, 0.1) is 5.56 Å². The number of Topliss-reactive ketones (excluding diaryl/α,β-unsaturated/α-hetero) is 1. The molecule has 0 aliphatic carbocycles. The number of ketones is 1. The van der Waals surface area contributed by atoms with E-state index in [2.05, 4.69) is 11.8 Å². The number of piperidine rings is 1. The minimum absolute atomic E-state index is 0.0602. The van der Waals surface area contributed by atoms with Crippen LogP contribution in [0.2, 0.25) is 0 Å². The predicted molar refractivity (Wildman–Crippen MR) is 81.4 cm³/mol. The van der Waals surface area contributed by atoms with E-state index < -0.39 is 0 Å². The summed E-state index contributed by atoms with van der Waals surface area (Å²) in [4.78, 5) is 14.1. The molecule has 110 valence electrons. The maximum atomic E-state index is 11.5. The number of para-hydroxylation sites is 1. The fourth-order valence-corrected chi connectivity index (χ4v) is 2.97. The third-order valence-electron chi connectivity index (χ3n) is 4.12. The lowest BCUT2D eigenvalue weighted by Gasteiger charge is -2.35. The highest BCUT2D eigenvalue weighted by atomic mass is 16.5. The van der Waals surface area contributed by atoms with Gasteiger partial charge in [-0.05, 0) is 44.9 Å². The highest BCUT2D eigenvalue weighted by Gasteiger charge is 2.20. The van der Waals surface area contributed by atoms with Gasteiger partial charge in [0.25, 0.3) is 0 Å². The first-order chi connectivity index (χ1) is 9.72. The van der Waals surface area contributed by atoms with Gasteiger partial charge in [0.15, 0.2) is 5.78 Å². The van der Waals surface area contributed by atoms with E-state index >= 15 is 0 Å². The van der Waals surface area contributed by atoms with E-state index in [1.807, 2.05) is 24.3 Å². The van der Waals surface area contributed by atoms with Gasteiger partial charge < -0.3 is 4.74 Å². The van der Waals surface area contributed by atoms with Crippen LogP contribution < -0.4 is 4.74 Å². The second kappa shape index (κ2) is 7.44. The smallest absolute Gasteiger partial charge is 0.163 e. The summed E-state index contributed by atoms with van der Waals surface area (Å²) in [5.41, 5.74) is 0.679. The molecule has 1 aliphatic heterocycles. The topological polar surface area (TPSA) is 29.5 Å². The lowest BCUT2D eigenvalue weighted by atomic mass is 10.0. The molecule has 3 heteroatoms. The van der Waals surface area contributed by atoms with Gasteiger partial charge in [0, 0.05) is 12.6 Å². The quantitative estimate of drug-likeness (QED) is 0.744. The van der Waals surface area contributed by atoms with E-state index in [-0.39, 0.29) is 5.78 Å². The molecule has 0 radical (unpaired) electrons. The molecule has 0 aromatic heterocycles. The minimum atomic E-state index is 0.0602. The van der Waals surface area contributed by atoms with Crippen LogP contribution >= 0.6 is 0 Å². The molecule has 20 heavy (non-hydrogen) atoms. The van der Waals surface area contributed by atoms with E-state index in [1.54, 1.807) is 6.92 Å². The zero-order valence-corrected chi connectivity index (χ0v) is 12.6. The van der Waals surface area contributed by atoms with Crippen LogP contribution in [0.1, 0.15) is 49.9 Å². The fraction of sp³-hybridized carbons (Fsp3) is 0.588. The Morgan fingerprint density at radius 1 is 1.35 bits per heavy atom. The number of ether oxygens (including phenoxy) is 1. The molecule has 3 nitrogen and oxygen atoms in total. The molecule has 0 N–H and O–H groups in total. The maximum Gasteiger partial charge on any atom is 0.163 e. The first-order valence-electron chi connectivity index (χ1n) is 7.69. The second-order valence-corrected chi connectivity index (χ2v) is 5.49. The number of rotatable bonds is 6. The lowest BCUT2D eigenvalue weighted by Crippen LogP contribution is -2.41. The third-order valence-corrected chi connectivity index (χ3v) is 4.12. The monoisotopic (exact) mass is 275 g/mol. The van der Waals surface area contributed by atoms with Crippen molar-refractivity contribution in [3.8, 4) is 5.75 Å². The Morgan fingerprint density at radius 2 is 2.15 bits per heavy atom. The molecule has 1 saturated heterocycles. The van der Waals surface area contributed by atoms with Gasteiger partial charge in [0.2, 0.25) is 0 Å². The van der Waals surface area contributed by atoms with Crippen molar-refractivity contribution in [2.45, 2.75) is 45.6 Å². The van der Waals surface area contributed by atoms with Crippen molar-refractivity contribution in [3.63, 3.8) is 0 Å². The molecule has 1 atom stereocenters. The molecule has 1 aromatic rings. The van der Waals surface area contributed by atoms with Crippen LogP contribution in [0.3, 0.4) is 0 Å². The van der Waals surface area contributed by atoms with E-state index in [9.17, 15) is 4.79 Å². The first kappa shape index (κ1) is 15.0. The van der Waals surface area contributed by atoms with Crippen LogP contribution in [-0.2, 0) is 0 Å². The van der Waals surface area contributed by atoms with Gasteiger partial charge in [-0.1, -0.05) is 25.5 Å². The molecule has 1 fully saturated rings. The fourth-order valence-electron chi connectivity index (χ4n) is 2.97. The zero-order chi connectivity index (χ0) is 14.4. The van der Waals surface area contributed by atoms with Crippen molar-refractivity contribution in [2.75, 3.05) is 19.7 Å². The summed E-state index contributed by atoms with van der Waals surface area (Å²) in [7, 11) is 0. The van der Waals surface area contributed by atoms with Crippen molar-refractivity contribution < 1.29 is 9.53 Å². The Kier molecular flexibility index (Phi) is 5.60. The van der Waals surface area contributed by atoms with Crippen LogP contribution in [0.15, 0.2) is 24.3 Å². The Hall–Kier alpha value is -1.35. The Balaban J connectivity index is 1.88. The van der Waals surface area contributed by atoms with Gasteiger partial charge in [-0.15, -0.1) is 0 Å². The Labute approximate surface area is 121 Å². The van der Waals surface area contributed by atoms with Crippen LogP contribution in [0, 0.1) is 0 Å². The number of hydrogen-bond acceptors (Lipinski definition) is 3. The number of benzene rings is 1. The van der Waals surface area contributed by atoms with Gasteiger partial charge in [0.1, 0.15) is 12.4 Å². The van der Waals surface area contributed by atoms with E-state index in [0.717, 1.165) is 6.54 Å². The summed E-state index contributed by atoms with van der Waals surface area (Å²) in [5, 5.41) is 0. The molecule has 1 heterocycles. The standard InChI is InChI=1S/C17H25NO2/c1-3-15-8-6-7-11-18(15)12-13-20-17-10-5-4-9-16(17)14(2)19/h4-5,9-10,15H,3,6-8,11-13H2,1-2H3. The van der Waals surface area contributed by atoms with Gasteiger partial charge in [-0.2, -0.15) is 0 Å². The van der Waals surface area contributed by atoms with Crippen LogP contribution in [0.25, 0.3) is 0 Å². The third kappa shape index (κ3) is 3.83. The van der Waals surface area contributed by atoms with E-state index in [4.69, 9.17) is 4.74 Å². The van der Waals surface area contributed by atoms with Crippen molar-refractivity contribution >= 4 is 5.78 Å². The molecule has 2 rings (SSSR count). The maximum absolute atomic E-state index is 11.5. The normalized spacial score (nSPS) is 19.8. The molecule has 0 bridgehead atoms. The van der Waals surface area contributed by atoms with Gasteiger partial charge in [-0.3, -0.25) is 9.69 Å². The Morgan fingerprint density at radius 3 is 2.90 bits per heavy atom. The van der Waals surface area contributed by atoms with Crippen molar-refractivity contribution in [2.24, 2.45) is 0 Å². The van der Waals surface area contributed by atoms with Crippen molar-refractivity contribution in [3.05, 3.63) is 29.8 Å².